The summed E-state index contributed by atoms with van der Waals surface area (Å²) in [5, 5.41) is 0.889. The number of carbonyl (C=O) groups is 1. The Morgan fingerprint density at radius 1 is 1.32 bits per heavy atom. The topological polar surface area (TPSA) is 20.3 Å². The van der Waals surface area contributed by atoms with E-state index in [0.717, 1.165) is 16.4 Å². The molecule has 1 aromatic rings. The van der Waals surface area contributed by atoms with Crippen molar-refractivity contribution in [2.45, 2.75) is 0 Å². The molecule has 0 unspecified atom stereocenters. The lowest BCUT2D eigenvalue weighted by molar-refractivity contribution is 0.0860. The molecule has 0 bridgehead atoms. The Morgan fingerprint density at radius 3 is 2.95 bits per heavy atom. The molecule has 2 nitrogen and oxygen atoms in total. The molecule has 0 N–H and O–H groups in total. The van der Waals surface area contributed by atoms with Crippen LogP contribution in [0.1, 0.15) is 10.4 Å². The van der Waals surface area contributed by atoms with Gasteiger partial charge in [-0.25, -0.2) is 0 Å². The number of benzene rings is 1. The Kier molecular flexibility index (Phi) is 3.44. The lowest BCUT2D eigenvalue weighted by atomic mass is 10.1. The second kappa shape index (κ2) is 5.08. The van der Waals surface area contributed by atoms with E-state index in [1.165, 1.54) is 0 Å². The van der Waals surface area contributed by atoms with Crippen molar-refractivity contribution in [1.29, 1.82) is 0 Å². The minimum Gasteiger partial charge on any atom is -0.283 e. The molecule has 2 heterocycles. The summed E-state index contributed by atoms with van der Waals surface area (Å²) in [6, 6.07) is 4.91. The van der Waals surface area contributed by atoms with Crippen LogP contribution in [0.25, 0.3) is 0 Å². The van der Waals surface area contributed by atoms with E-state index in [-0.39, 0.29) is 5.91 Å². The van der Waals surface area contributed by atoms with E-state index in [9.17, 15) is 4.79 Å². The largest absolute Gasteiger partial charge is 0.283 e. The van der Waals surface area contributed by atoms with Crippen LogP contribution < -0.4 is 0 Å². The molecule has 0 saturated carbocycles. The number of halogens is 2. The summed E-state index contributed by atoms with van der Waals surface area (Å²) in [7, 11) is 0. The molecular formula is C14H9Cl2NOS. The molecular weight excluding hydrogens is 301 g/mol. The number of carbonyl (C=O) groups excluding carboxylic acids is 1. The second-order valence-electron chi connectivity index (χ2n) is 4.07. The number of amides is 1. The van der Waals surface area contributed by atoms with Crippen LogP contribution in [-0.2, 0) is 0 Å². The van der Waals surface area contributed by atoms with Crippen molar-refractivity contribution in [3.05, 3.63) is 68.8 Å². The van der Waals surface area contributed by atoms with Crippen LogP contribution >= 0.6 is 35.0 Å². The lowest BCUT2D eigenvalue weighted by Gasteiger charge is -2.23. The fraction of sp³-hybridized carbons (Fsp3) is 0.0714. The van der Waals surface area contributed by atoms with E-state index in [1.54, 1.807) is 41.1 Å². The van der Waals surface area contributed by atoms with Crippen molar-refractivity contribution in [1.82, 2.24) is 4.90 Å². The monoisotopic (exact) mass is 309 g/mol. The van der Waals surface area contributed by atoms with Gasteiger partial charge in [-0.2, -0.15) is 0 Å². The number of hydrogen-bond acceptors (Lipinski definition) is 2. The molecule has 0 radical (unpaired) electrons. The van der Waals surface area contributed by atoms with Gasteiger partial charge in [0.2, 0.25) is 0 Å². The van der Waals surface area contributed by atoms with Crippen LogP contribution in [0.3, 0.4) is 0 Å². The zero-order valence-electron chi connectivity index (χ0n) is 9.77. The van der Waals surface area contributed by atoms with Gasteiger partial charge >= 0.3 is 0 Å². The van der Waals surface area contributed by atoms with Crippen molar-refractivity contribution >= 4 is 40.9 Å². The highest BCUT2D eigenvalue weighted by Gasteiger charge is 2.26. The predicted molar refractivity (Wildman–Crippen MR) is 80.4 cm³/mol. The van der Waals surface area contributed by atoms with Crippen LogP contribution in [0.15, 0.2) is 53.2 Å². The number of thioether (sulfide) groups is 1. The summed E-state index contributed by atoms with van der Waals surface area (Å²) in [5.41, 5.74) is 1.39. The summed E-state index contributed by atoms with van der Waals surface area (Å²) < 4.78 is 0. The Bertz CT molecular complexity index is 649. The van der Waals surface area contributed by atoms with Crippen molar-refractivity contribution in [2.75, 3.05) is 5.75 Å². The van der Waals surface area contributed by atoms with Gasteiger partial charge in [0.15, 0.2) is 0 Å². The highest BCUT2D eigenvalue weighted by Crippen LogP contribution is 2.37. The lowest BCUT2D eigenvalue weighted by Crippen LogP contribution is -2.26. The first-order valence-electron chi connectivity index (χ1n) is 5.67. The Morgan fingerprint density at radius 2 is 2.16 bits per heavy atom. The van der Waals surface area contributed by atoms with E-state index in [4.69, 9.17) is 23.2 Å². The number of nitrogens with zero attached hydrogens (tertiary/aromatic N) is 1. The average molecular weight is 310 g/mol. The first-order chi connectivity index (χ1) is 9.16. The van der Waals surface area contributed by atoms with Gasteiger partial charge in [0.1, 0.15) is 0 Å². The van der Waals surface area contributed by atoms with Gasteiger partial charge in [-0.1, -0.05) is 23.2 Å². The van der Waals surface area contributed by atoms with Crippen LogP contribution in [0.5, 0.6) is 0 Å². The number of allylic oxidation sites excluding steroid dienone is 2. The third-order valence-electron chi connectivity index (χ3n) is 2.89. The molecule has 2 aliphatic heterocycles. The number of fused-ring (bicyclic) bond motifs is 1. The molecule has 19 heavy (non-hydrogen) atoms. The summed E-state index contributed by atoms with van der Waals surface area (Å²) in [5.74, 6) is 0.748. The highest BCUT2D eigenvalue weighted by molar-refractivity contribution is 8.03. The Balaban J connectivity index is 1.96. The first-order valence-corrected chi connectivity index (χ1v) is 7.41. The highest BCUT2D eigenvalue weighted by atomic mass is 35.5. The standard InChI is InChI=1S/C14H9Cl2NOS/c15-9-3-4-10(11(16)8-9)14(18)17-6-1-2-13-12(17)5-7-19-13/h1-6,8H,7H2. The molecule has 96 valence electrons. The zero-order valence-corrected chi connectivity index (χ0v) is 12.1. The number of hydrogen-bond donors (Lipinski definition) is 0. The maximum atomic E-state index is 12.5. The Labute approximate surface area is 125 Å². The molecule has 0 aromatic heterocycles. The van der Waals surface area contributed by atoms with E-state index in [0.29, 0.717) is 15.6 Å². The minimum atomic E-state index is -0.141. The van der Waals surface area contributed by atoms with Crippen LogP contribution in [0.2, 0.25) is 10.0 Å². The van der Waals surface area contributed by atoms with Crippen molar-refractivity contribution in [3.8, 4) is 0 Å². The van der Waals surface area contributed by atoms with Crippen LogP contribution in [0, 0.1) is 0 Å². The van der Waals surface area contributed by atoms with Gasteiger partial charge in [-0.3, -0.25) is 9.69 Å². The summed E-state index contributed by atoms with van der Waals surface area (Å²) in [6.07, 6.45) is 7.68. The maximum absolute atomic E-state index is 12.5. The third kappa shape index (κ3) is 2.34. The van der Waals surface area contributed by atoms with E-state index < -0.39 is 0 Å². The summed E-state index contributed by atoms with van der Waals surface area (Å²) in [6.45, 7) is 0. The Hall–Kier alpha value is -1.16. The molecule has 2 aliphatic rings. The second-order valence-corrected chi connectivity index (χ2v) is 5.98. The molecule has 0 fully saturated rings. The third-order valence-corrected chi connectivity index (χ3v) is 4.43. The van der Waals surface area contributed by atoms with E-state index in [1.807, 2.05) is 18.2 Å². The smallest absolute Gasteiger partial charge is 0.263 e. The molecule has 3 rings (SSSR count). The molecule has 5 heteroatoms. The first kappa shape index (κ1) is 12.9. The zero-order chi connectivity index (χ0) is 13.4. The predicted octanol–water partition coefficient (Wildman–Crippen LogP) is 4.48. The fourth-order valence-electron chi connectivity index (χ4n) is 2.00. The van der Waals surface area contributed by atoms with Crippen molar-refractivity contribution in [3.63, 3.8) is 0 Å². The summed E-state index contributed by atoms with van der Waals surface area (Å²) in [4.78, 5) is 15.3. The number of rotatable bonds is 1. The molecule has 0 aliphatic carbocycles. The normalized spacial score (nSPS) is 17.1. The molecule has 0 saturated heterocycles. The average Bonchev–Trinajstić information content (AvgIpc) is 2.86. The van der Waals surface area contributed by atoms with E-state index in [2.05, 4.69) is 0 Å². The van der Waals surface area contributed by atoms with Crippen molar-refractivity contribution < 1.29 is 4.79 Å². The quantitative estimate of drug-likeness (QED) is 0.762. The van der Waals surface area contributed by atoms with E-state index >= 15 is 0 Å². The van der Waals surface area contributed by atoms with Gasteiger partial charge in [0.05, 0.1) is 16.3 Å². The SMILES string of the molecule is O=C(c1ccc(Cl)cc1Cl)N1C=CC=C2SCC=C21. The van der Waals surface area contributed by atoms with Gasteiger partial charge < -0.3 is 0 Å². The van der Waals surface area contributed by atoms with Gasteiger partial charge in [-0.15, -0.1) is 11.8 Å². The summed E-state index contributed by atoms with van der Waals surface area (Å²) >= 11 is 13.7. The van der Waals surface area contributed by atoms with Gasteiger partial charge in [-0.05, 0) is 36.4 Å². The van der Waals surface area contributed by atoms with Crippen LogP contribution in [0.4, 0.5) is 0 Å². The van der Waals surface area contributed by atoms with Gasteiger partial charge in [0.25, 0.3) is 5.91 Å². The molecule has 1 aromatic carbocycles. The molecule has 0 atom stereocenters. The van der Waals surface area contributed by atoms with Gasteiger partial charge in [0, 0.05) is 21.9 Å². The minimum absolute atomic E-state index is 0.141. The van der Waals surface area contributed by atoms with Crippen LogP contribution in [-0.4, -0.2) is 16.6 Å². The molecule has 1 amide bonds. The molecule has 0 spiro atoms. The maximum Gasteiger partial charge on any atom is 0.263 e. The fourth-order valence-corrected chi connectivity index (χ4v) is 3.42. The van der Waals surface area contributed by atoms with Crippen molar-refractivity contribution in [2.24, 2.45) is 0 Å².